The van der Waals surface area contributed by atoms with Gasteiger partial charge in [0.15, 0.2) is 0 Å². The molecule has 1 atom stereocenters. The standard InChI is InChI=1S/C12H20N4S/c1-3-5-13-11-4-6-14-12(15-11)10-9-17-8-7-16(10)2/h4,6,10H,3,5,7-9H2,1-2H3,(H,13,14,15). The average Bonchev–Trinajstić information content (AvgIpc) is 2.37. The summed E-state index contributed by atoms with van der Waals surface area (Å²) in [6.45, 7) is 4.23. The minimum absolute atomic E-state index is 0.358. The molecular formula is C12H20N4S. The molecule has 2 heterocycles. The molecule has 0 saturated carbocycles. The Morgan fingerprint density at radius 1 is 1.59 bits per heavy atom. The molecule has 0 spiro atoms. The van der Waals surface area contributed by atoms with Crippen molar-refractivity contribution in [3.8, 4) is 0 Å². The molecule has 1 unspecified atom stereocenters. The second-order valence-electron chi connectivity index (χ2n) is 4.30. The van der Waals surface area contributed by atoms with Gasteiger partial charge in [-0.05, 0) is 19.5 Å². The zero-order chi connectivity index (χ0) is 12.1. The van der Waals surface area contributed by atoms with Gasteiger partial charge in [0.2, 0.25) is 0 Å². The van der Waals surface area contributed by atoms with Crippen molar-refractivity contribution in [3.63, 3.8) is 0 Å². The molecule has 1 fully saturated rings. The van der Waals surface area contributed by atoms with Crippen LogP contribution in [-0.4, -0.2) is 46.5 Å². The first kappa shape index (κ1) is 12.6. The van der Waals surface area contributed by atoms with Crippen molar-refractivity contribution in [1.29, 1.82) is 0 Å². The number of hydrogen-bond acceptors (Lipinski definition) is 5. The molecule has 1 aromatic heterocycles. The SMILES string of the molecule is CCCNc1ccnc(C2CSCCN2C)n1. The first-order chi connectivity index (χ1) is 8.31. The summed E-state index contributed by atoms with van der Waals surface area (Å²) in [6, 6.07) is 2.30. The minimum Gasteiger partial charge on any atom is -0.370 e. The van der Waals surface area contributed by atoms with Crippen LogP contribution in [0.2, 0.25) is 0 Å². The third-order valence-electron chi connectivity index (χ3n) is 2.92. The van der Waals surface area contributed by atoms with E-state index >= 15 is 0 Å². The maximum atomic E-state index is 4.61. The van der Waals surface area contributed by atoms with Crippen LogP contribution in [0.5, 0.6) is 0 Å². The van der Waals surface area contributed by atoms with Gasteiger partial charge in [0.1, 0.15) is 11.6 Å². The number of nitrogens with one attached hydrogen (secondary N) is 1. The molecule has 1 aromatic rings. The van der Waals surface area contributed by atoms with Crippen LogP contribution < -0.4 is 5.32 Å². The third kappa shape index (κ3) is 3.33. The van der Waals surface area contributed by atoms with Gasteiger partial charge in [0.05, 0.1) is 6.04 Å². The Kier molecular flexibility index (Phi) is 4.62. The molecule has 4 nitrogen and oxygen atoms in total. The molecule has 0 amide bonds. The van der Waals surface area contributed by atoms with Crippen LogP contribution in [0.15, 0.2) is 12.3 Å². The molecule has 17 heavy (non-hydrogen) atoms. The second kappa shape index (κ2) is 6.21. The lowest BCUT2D eigenvalue weighted by molar-refractivity contribution is 0.264. The quantitative estimate of drug-likeness (QED) is 0.888. The van der Waals surface area contributed by atoms with E-state index in [0.29, 0.717) is 6.04 Å². The summed E-state index contributed by atoms with van der Waals surface area (Å²) < 4.78 is 0. The highest BCUT2D eigenvalue weighted by Gasteiger charge is 2.23. The van der Waals surface area contributed by atoms with E-state index in [1.54, 1.807) is 0 Å². The second-order valence-corrected chi connectivity index (χ2v) is 5.45. The molecule has 0 radical (unpaired) electrons. The number of thioether (sulfide) groups is 1. The van der Waals surface area contributed by atoms with E-state index < -0.39 is 0 Å². The van der Waals surface area contributed by atoms with Crippen LogP contribution in [0, 0.1) is 0 Å². The predicted octanol–water partition coefficient (Wildman–Crippen LogP) is 2.02. The normalized spacial score (nSPS) is 21.4. The van der Waals surface area contributed by atoms with Gasteiger partial charge in [-0.1, -0.05) is 6.92 Å². The number of aromatic nitrogens is 2. The first-order valence-electron chi connectivity index (χ1n) is 6.16. The lowest BCUT2D eigenvalue weighted by atomic mass is 10.2. The fourth-order valence-electron chi connectivity index (χ4n) is 1.84. The van der Waals surface area contributed by atoms with E-state index in [1.165, 1.54) is 5.75 Å². The molecule has 1 aliphatic heterocycles. The van der Waals surface area contributed by atoms with Crippen molar-refractivity contribution >= 4 is 17.6 Å². The van der Waals surface area contributed by atoms with E-state index in [0.717, 1.165) is 36.9 Å². The lowest BCUT2D eigenvalue weighted by Crippen LogP contribution is -2.33. The van der Waals surface area contributed by atoms with Gasteiger partial charge in [-0.25, -0.2) is 9.97 Å². The monoisotopic (exact) mass is 252 g/mol. The molecule has 1 aliphatic rings. The summed E-state index contributed by atoms with van der Waals surface area (Å²) in [5, 5.41) is 3.31. The Morgan fingerprint density at radius 3 is 3.24 bits per heavy atom. The lowest BCUT2D eigenvalue weighted by Gasteiger charge is -2.30. The largest absolute Gasteiger partial charge is 0.370 e. The Morgan fingerprint density at radius 2 is 2.47 bits per heavy atom. The minimum atomic E-state index is 0.358. The molecule has 5 heteroatoms. The molecule has 1 saturated heterocycles. The van der Waals surface area contributed by atoms with Gasteiger partial charge in [0, 0.05) is 30.8 Å². The van der Waals surface area contributed by atoms with Gasteiger partial charge in [-0.15, -0.1) is 0 Å². The molecule has 0 bridgehead atoms. The fraction of sp³-hybridized carbons (Fsp3) is 0.667. The Labute approximate surface area is 107 Å². The van der Waals surface area contributed by atoms with Crippen LogP contribution in [0.3, 0.4) is 0 Å². The molecule has 0 aliphatic carbocycles. The predicted molar refractivity (Wildman–Crippen MR) is 73.5 cm³/mol. The van der Waals surface area contributed by atoms with E-state index in [1.807, 2.05) is 24.0 Å². The Bertz CT molecular complexity index is 358. The third-order valence-corrected chi connectivity index (χ3v) is 3.95. The van der Waals surface area contributed by atoms with E-state index in [9.17, 15) is 0 Å². The highest BCUT2D eigenvalue weighted by molar-refractivity contribution is 7.99. The van der Waals surface area contributed by atoms with Gasteiger partial charge in [0.25, 0.3) is 0 Å². The van der Waals surface area contributed by atoms with Crippen molar-refractivity contribution in [2.75, 3.05) is 37.0 Å². The summed E-state index contributed by atoms with van der Waals surface area (Å²) in [6.07, 6.45) is 2.96. The molecule has 2 rings (SSSR count). The van der Waals surface area contributed by atoms with Crippen LogP contribution in [0.1, 0.15) is 25.2 Å². The van der Waals surface area contributed by atoms with Crippen LogP contribution >= 0.6 is 11.8 Å². The molecule has 94 valence electrons. The Hall–Kier alpha value is -0.810. The van der Waals surface area contributed by atoms with E-state index in [4.69, 9.17) is 0 Å². The summed E-state index contributed by atoms with van der Waals surface area (Å²) >= 11 is 1.98. The van der Waals surface area contributed by atoms with Gasteiger partial charge >= 0.3 is 0 Å². The van der Waals surface area contributed by atoms with Crippen LogP contribution in [0.25, 0.3) is 0 Å². The highest BCUT2D eigenvalue weighted by Crippen LogP contribution is 2.26. The molecule has 1 N–H and O–H groups in total. The summed E-state index contributed by atoms with van der Waals surface area (Å²) in [4.78, 5) is 11.4. The highest BCUT2D eigenvalue weighted by atomic mass is 32.2. The van der Waals surface area contributed by atoms with Crippen molar-refractivity contribution in [2.45, 2.75) is 19.4 Å². The molecular weight excluding hydrogens is 232 g/mol. The maximum absolute atomic E-state index is 4.61. The zero-order valence-corrected chi connectivity index (χ0v) is 11.3. The van der Waals surface area contributed by atoms with Crippen molar-refractivity contribution < 1.29 is 0 Å². The van der Waals surface area contributed by atoms with Gasteiger partial charge < -0.3 is 5.32 Å². The Balaban J connectivity index is 2.08. The van der Waals surface area contributed by atoms with Crippen LogP contribution in [-0.2, 0) is 0 Å². The first-order valence-corrected chi connectivity index (χ1v) is 7.31. The van der Waals surface area contributed by atoms with E-state index in [2.05, 4.69) is 34.2 Å². The summed E-state index contributed by atoms with van der Waals surface area (Å²) in [5.74, 6) is 4.19. The van der Waals surface area contributed by atoms with Crippen molar-refractivity contribution in [1.82, 2.24) is 14.9 Å². The smallest absolute Gasteiger partial charge is 0.148 e. The average molecular weight is 252 g/mol. The number of rotatable bonds is 4. The van der Waals surface area contributed by atoms with Crippen LogP contribution in [0.4, 0.5) is 5.82 Å². The number of hydrogen-bond donors (Lipinski definition) is 1. The topological polar surface area (TPSA) is 41.1 Å². The van der Waals surface area contributed by atoms with Crippen molar-refractivity contribution in [2.24, 2.45) is 0 Å². The van der Waals surface area contributed by atoms with Gasteiger partial charge in [-0.2, -0.15) is 11.8 Å². The van der Waals surface area contributed by atoms with Crippen molar-refractivity contribution in [3.05, 3.63) is 18.1 Å². The van der Waals surface area contributed by atoms with Gasteiger partial charge in [-0.3, -0.25) is 4.90 Å². The fourth-order valence-corrected chi connectivity index (χ4v) is 3.05. The molecule has 0 aromatic carbocycles. The number of nitrogens with zero attached hydrogens (tertiary/aromatic N) is 3. The summed E-state index contributed by atoms with van der Waals surface area (Å²) in [7, 11) is 2.15. The maximum Gasteiger partial charge on any atom is 0.148 e. The zero-order valence-electron chi connectivity index (χ0n) is 10.5. The van der Waals surface area contributed by atoms with E-state index in [-0.39, 0.29) is 0 Å². The number of anilines is 1. The summed E-state index contributed by atoms with van der Waals surface area (Å²) in [5.41, 5.74) is 0.